The molecule has 1 aromatic rings. The molecule has 17 heavy (non-hydrogen) atoms. The van der Waals surface area contributed by atoms with E-state index in [0.717, 1.165) is 32.2 Å². The minimum atomic E-state index is -0.701. The largest absolute Gasteiger partial charge is 0.481 e. The first-order valence-corrected chi connectivity index (χ1v) is 6.21. The fourth-order valence-corrected chi connectivity index (χ4v) is 2.64. The van der Waals surface area contributed by atoms with Crippen LogP contribution in [0.3, 0.4) is 0 Å². The molecule has 2 rings (SSSR count). The van der Waals surface area contributed by atoms with Gasteiger partial charge in [-0.1, -0.05) is 43.2 Å². The van der Waals surface area contributed by atoms with Gasteiger partial charge in [0, 0.05) is 12.1 Å². The molecule has 0 radical (unpaired) electrons. The molecular formula is C14H19NO2. The molecule has 1 fully saturated rings. The lowest BCUT2D eigenvalue weighted by Gasteiger charge is -2.29. The van der Waals surface area contributed by atoms with Gasteiger partial charge < -0.3 is 10.4 Å². The van der Waals surface area contributed by atoms with Crippen LogP contribution in [0.1, 0.15) is 37.7 Å². The lowest BCUT2D eigenvalue weighted by atomic mass is 9.93. The summed E-state index contributed by atoms with van der Waals surface area (Å²) in [6, 6.07) is 10.1. The monoisotopic (exact) mass is 233 g/mol. The van der Waals surface area contributed by atoms with Gasteiger partial charge in [-0.3, -0.25) is 4.79 Å². The zero-order chi connectivity index (χ0) is 12.1. The van der Waals surface area contributed by atoms with Gasteiger partial charge in [0.15, 0.2) is 0 Å². The highest BCUT2D eigenvalue weighted by Gasteiger charge is 2.35. The Kier molecular flexibility index (Phi) is 3.79. The Morgan fingerprint density at radius 1 is 1.24 bits per heavy atom. The topological polar surface area (TPSA) is 49.3 Å². The van der Waals surface area contributed by atoms with Crippen molar-refractivity contribution in [2.45, 2.75) is 44.2 Å². The summed E-state index contributed by atoms with van der Waals surface area (Å²) in [6.45, 7) is 0.758. The maximum absolute atomic E-state index is 10.9. The molecule has 0 aromatic heterocycles. The molecule has 2 N–H and O–H groups in total. The first kappa shape index (κ1) is 12.1. The van der Waals surface area contributed by atoms with Crippen molar-refractivity contribution in [1.82, 2.24) is 5.32 Å². The minimum absolute atomic E-state index is 0.179. The second kappa shape index (κ2) is 5.32. The predicted octanol–water partition coefficient (Wildman–Crippen LogP) is 2.56. The number of carboxylic acids is 1. The van der Waals surface area contributed by atoms with Crippen LogP contribution in [0, 0.1) is 0 Å². The summed E-state index contributed by atoms with van der Waals surface area (Å²) < 4.78 is 0. The highest BCUT2D eigenvalue weighted by atomic mass is 16.4. The summed E-state index contributed by atoms with van der Waals surface area (Å²) in [5, 5.41) is 12.5. The van der Waals surface area contributed by atoms with Crippen molar-refractivity contribution < 1.29 is 9.90 Å². The van der Waals surface area contributed by atoms with E-state index in [2.05, 4.69) is 17.4 Å². The quantitative estimate of drug-likeness (QED) is 0.821. The molecule has 0 unspecified atom stereocenters. The third-order valence-corrected chi connectivity index (χ3v) is 3.56. The van der Waals surface area contributed by atoms with Crippen molar-refractivity contribution >= 4 is 5.97 Å². The number of nitrogens with one attached hydrogen (secondary N) is 1. The molecule has 0 saturated heterocycles. The van der Waals surface area contributed by atoms with E-state index < -0.39 is 5.97 Å². The van der Waals surface area contributed by atoms with Crippen LogP contribution in [-0.2, 0) is 11.3 Å². The lowest BCUT2D eigenvalue weighted by molar-refractivity contribution is -0.138. The summed E-state index contributed by atoms with van der Waals surface area (Å²) in [5.74, 6) is -0.701. The van der Waals surface area contributed by atoms with Gasteiger partial charge in [-0.05, 0) is 18.4 Å². The Morgan fingerprint density at radius 2 is 1.88 bits per heavy atom. The van der Waals surface area contributed by atoms with E-state index in [9.17, 15) is 4.79 Å². The Bertz CT molecular complexity index is 369. The summed E-state index contributed by atoms with van der Waals surface area (Å²) in [5.41, 5.74) is 1.03. The standard InChI is InChI=1S/C14H19NO2/c16-13(17)10-14(8-4-5-9-14)15-11-12-6-2-1-3-7-12/h1-3,6-7,15H,4-5,8-11H2,(H,16,17). The maximum Gasteiger partial charge on any atom is 0.305 e. The number of carbonyl (C=O) groups is 1. The Labute approximate surface area is 102 Å². The highest BCUT2D eigenvalue weighted by Crippen LogP contribution is 2.32. The molecule has 0 heterocycles. The molecule has 0 aliphatic heterocycles. The predicted molar refractivity (Wildman–Crippen MR) is 66.7 cm³/mol. The summed E-state index contributed by atoms with van der Waals surface area (Å²) >= 11 is 0. The Morgan fingerprint density at radius 3 is 2.47 bits per heavy atom. The summed E-state index contributed by atoms with van der Waals surface area (Å²) in [6.07, 6.45) is 4.46. The first-order chi connectivity index (χ1) is 8.20. The van der Waals surface area contributed by atoms with Crippen molar-refractivity contribution in [3.05, 3.63) is 35.9 Å². The molecular weight excluding hydrogens is 214 g/mol. The molecule has 0 bridgehead atoms. The van der Waals surface area contributed by atoms with Gasteiger partial charge in [0.25, 0.3) is 0 Å². The van der Waals surface area contributed by atoms with Crippen LogP contribution in [0.4, 0.5) is 0 Å². The lowest BCUT2D eigenvalue weighted by Crippen LogP contribution is -2.44. The SMILES string of the molecule is O=C(O)CC1(NCc2ccccc2)CCCC1. The van der Waals surface area contributed by atoms with Gasteiger partial charge >= 0.3 is 5.97 Å². The number of hydrogen-bond acceptors (Lipinski definition) is 2. The normalized spacial score (nSPS) is 18.1. The zero-order valence-corrected chi connectivity index (χ0v) is 9.98. The molecule has 1 aromatic carbocycles. The van der Waals surface area contributed by atoms with E-state index in [1.165, 1.54) is 5.56 Å². The molecule has 0 amide bonds. The maximum atomic E-state index is 10.9. The molecule has 1 aliphatic rings. The molecule has 3 heteroatoms. The van der Waals surface area contributed by atoms with Gasteiger partial charge in [0.05, 0.1) is 6.42 Å². The average Bonchev–Trinajstić information content (AvgIpc) is 2.76. The Hall–Kier alpha value is -1.35. The van der Waals surface area contributed by atoms with Crippen molar-refractivity contribution in [3.8, 4) is 0 Å². The van der Waals surface area contributed by atoms with E-state index in [-0.39, 0.29) is 12.0 Å². The van der Waals surface area contributed by atoms with Crippen molar-refractivity contribution in [2.75, 3.05) is 0 Å². The summed E-state index contributed by atoms with van der Waals surface area (Å²) in [4.78, 5) is 10.9. The van der Waals surface area contributed by atoms with Gasteiger partial charge in [0.1, 0.15) is 0 Å². The number of aliphatic carboxylic acids is 1. The van der Waals surface area contributed by atoms with Crippen LogP contribution in [0.25, 0.3) is 0 Å². The van der Waals surface area contributed by atoms with Crippen LogP contribution in [0.2, 0.25) is 0 Å². The zero-order valence-electron chi connectivity index (χ0n) is 9.98. The molecule has 0 atom stereocenters. The van der Waals surface area contributed by atoms with Crippen LogP contribution < -0.4 is 5.32 Å². The molecule has 1 aliphatic carbocycles. The second-order valence-electron chi connectivity index (χ2n) is 4.90. The van der Waals surface area contributed by atoms with Crippen LogP contribution >= 0.6 is 0 Å². The van der Waals surface area contributed by atoms with E-state index >= 15 is 0 Å². The number of rotatable bonds is 5. The first-order valence-electron chi connectivity index (χ1n) is 6.21. The van der Waals surface area contributed by atoms with E-state index in [1.54, 1.807) is 0 Å². The van der Waals surface area contributed by atoms with Crippen LogP contribution in [0.15, 0.2) is 30.3 Å². The third-order valence-electron chi connectivity index (χ3n) is 3.56. The average molecular weight is 233 g/mol. The second-order valence-corrected chi connectivity index (χ2v) is 4.90. The number of benzene rings is 1. The minimum Gasteiger partial charge on any atom is -0.481 e. The fraction of sp³-hybridized carbons (Fsp3) is 0.500. The number of carboxylic acid groups (broad SMARTS) is 1. The van der Waals surface area contributed by atoms with Crippen molar-refractivity contribution in [2.24, 2.45) is 0 Å². The van der Waals surface area contributed by atoms with Gasteiger partial charge in [-0.15, -0.1) is 0 Å². The van der Waals surface area contributed by atoms with Gasteiger partial charge in [-0.2, -0.15) is 0 Å². The van der Waals surface area contributed by atoms with E-state index in [1.807, 2.05) is 18.2 Å². The molecule has 3 nitrogen and oxygen atoms in total. The van der Waals surface area contributed by atoms with Gasteiger partial charge in [-0.25, -0.2) is 0 Å². The molecule has 0 spiro atoms. The fourth-order valence-electron chi connectivity index (χ4n) is 2.64. The van der Waals surface area contributed by atoms with E-state index in [4.69, 9.17) is 5.11 Å². The highest BCUT2D eigenvalue weighted by molar-refractivity contribution is 5.68. The third kappa shape index (κ3) is 3.30. The van der Waals surface area contributed by atoms with Crippen molar-refractivity contribution in [3.63, 3.8) is 0 Å². The Balaban J connectivity index is 1.96. The summed E-state index contributed by atoms with van der Waals surface area (Å²) in [7, 11) is 0. The van der Waals surface area contributed by atoms with Gasteiger partial charge in [0.2, 0.25) is 0 Å². The molecule has 92 valence electrons. The molecule has 1 saturated carbocycles. The van der Waals surface area contributed by atoms with Crippen LogP contribution in [0.5, 0.6) is 0 Å². The number of hydrogen-bond donors (Lipinski definition) is 2. The van der Waals surface area contributed by atoms with E-state index in [0.29, 0.717) is 0 Å². The van der Waals surface area contributed by atoms with Crippen LogP contribution in [-0.4, -0.2) is 16.6 Å². The van der Waals surface area contributed by atoms with Crippen molar-refractivity contribution in [1.29, 1.82) is 0 Å². The smallest absolute Gasteiger partial charge is 0.305 e.